The van der Waals surface area contributed by atoms with Gasteiger partial charge in [0.2, 0.25) is 5.88 Å². The highest BCUT2D eigenvalue weighted by atomic mass is 16.5. The molecule has 19 heavy (non-hydrogen) atoms. The van der Waals surface area contributed by atoms with Crippen molar-refractivity contribution in [1.82, 2.24) is 4.98 Å². The van der Waals surface area contributed by atoms with Crippen LogP contribution in [0.3, 0.4) is 0 Å². The molecule has 0 amide bonds. The molecule has 0 aliphatic rings. The molecule has 1 aromatic heterocycles. The second-order valence-electron chi connectivity index (χ2n) is 4.47. The molecule has 4 heteroatoms. The standard InChI is InChI=1S/C15H15N3O/c1-10(2)19-15-6-3-11(9-18-15)14-5-4-13(17)7-12(14)8-16/h3-7,9-10H,17H2,1-2H3. The average Bonchev–Trinajstić information content (AvgIpc) is 2.39. The van der Waals surface area contributed by atoms with E-state index in [2.05, 4.69) is 11.1 Å². The zero-order chi connectivity index (χ0) is 13.8. The second kappa shape index (κ2) is 5.40. The van der Waals surface area contributed by atoms with E-state index in [0.717, 1.165) is 11.1 Å². The summed E-state index contributed by atoms with van der Waals surface area (Å²) >= 11 is 0. The van der Waals surface area contributed by atoms with Crippen LogP contribution in [-0.2, 0) is 0 Å². The molecule has 0 spiro atoms. The summed E-state index contributed by atoms with van der Waals surface area (Å²) < 4.78 is 5.48. The molecular weight excluding hydrogens is 238 g/mol. The smallest absolute Gasteiger partial charge is 0.213 e. The van der Waals surface area contributed by atoms with E-state index in [-0.39, 0.29) is 6.10 Å². The highest BCUT2D eigenvalue weighted by Gasteiger charge is 2.06. The first-order chi connectivity index (χ1) is 9.10. The van der Waals surface area contributed by atoms with Crippen LogP contribution in [0.1, 0.15) is 19.4 Å². The minimum atomic E-state index is 0.0875. The van der Waals surface area contributed by atoms with Crippen molar-refractivity contribution in [2.24, 2.45) is 0 Å². The molecule has 1 heterocycles. The molecule has 0 bridgehead atoms. The van der Waals surface area contributed by atoms with Crippen LogP contribution in [-0.4, -0.2) is 11.1 Å². The van der Waals surface area contributed by atoms with Crippen LogP contribution >= 0.6 is 0 Å². The molecule has 2 rings (SSSR count). The van der Waals surface area contributed by atoms with Gasteiger partial charge in [0.05, 0.1) is 17.7 Å². The van der Waals surface area contributed by atoms with Gasteiger partial charge in [-0.1, -0.05) is 6.07 Å². The molecule has 0 aliphatic carbocycles. The van der Waals surface area contributed by atoms with Gasteiger partial charge in [0, 0.05) is 29.1 Å². The molecule has 0 saturated carbocycles. The third kappa shape index (κ3) is 3.02. The van der Waals surface area contributed by atoms with Gasteiger partial charge in [-0.2, -0.15) is 5.26 Å². The Bertz CT molecular complexity index is 612. The van der Waals surface area contributed by atoms with Gasteiger partial charge in [0.1, 0.15) is 0 Å². The number of aromatic nitrogens is 1. The summed E-state index contributed by atoms with van der Waals surface area (Å²) in [6.45, 7) is 3.90. The van der Waals surface area contributed by atoms with E-state index in [0.29, 0.717) is 17.1 Å². The number of nitrogen functional groups attached to an aromatic ring is 1. The Kier molecular flexibility index (Phi) is 3.67. The summed E-state index contributed by atoms with van der Waals surface area (Å²) in [4.78, 5) is 4.23. The number of benzene rings is 1. The molecule has 2 N–H and O–H groups in total. The van der Waals surface area contributed by atoms with Gasteiger partial charge in [-0.05, 0) is 32.0 Å². The zero-order valence-electron chi connectivity index (χ0n) is 10.9. The molecule has 2 aromatic rings. The lowest BCUT2D eigenvalue weighted by Crippen LogP contribution is -2.06. The van der Waals surface area contributed by atoms with Gasteiger partial charge < -0.3 is 10.5 Å². The third-order valence-electron chi connectivity index (χ3n) is 2.57. The highest BCUT2D eigenvalue weighted by Crippen LogP contribution is 2.25. The molecule has 0 atom stereocenters. The topological polar surface area (TPSA) is 71.9 Å². The first-order valence-corrected chi connectivity index (χ1v) is 6.03. The van der Waals surface area contributed by atoms with Crippen molar-refractivity contribution in [3.05, 3.63) is 42.1 Å². The van der Waals surface area contributed by atoms with Crippen LogP contribution in [0, 0.1) is 11.3 Å². The van der Waals surface area contributed by atoms with Gasteiger partial charge >= 0.3 is 0 Å². The van der Waals surface area contributed by atoms with Gasteiger partial charge in [-0.15, -0.1) is 0 Å². The van der Waals surface area contributed by atoms with Crippen molar-refractivity contribution in [3.63, 3.8) is 0 Å². The zero-order valence-corrected chi connectivity index (χ0v) is 10.9. The second-order valence-corrected chi connectivity index (χ2v) is 4.47. The normalized spacial score (nSPS) is 10.2. The third-order valence-corrected chi connectivity index (χ3v) is 2.57. The van der Waals surface area contributed by atoms with E-state index in [1.807, 2.05) is 26.0 Å². The largest absolute Gasteiger partial charge is 0.475 e. The summed E-state index contributed by atoms with van der Waals surface area (Å²) in [6, 6.07) is 11.1. The highest BCUT2D eigenvalue weighted by molar-refractivity contribution is 5.72. The molecule has 0 saturated heterocycles. The number of rotatable bonds is 3. The fourth-order valence-corrected chi connectivity index (χ4v) is 1.76. The van der Waals surface area contributed by atoms with Gasteiger partial charge in [0.25, 0.3) is 0 Å². The van der Waals surface area contributed by atoms with E-state index < -0.39 is 0 Å². The van der Waals surface area contributed by atoms with Crippen LogP contribution < -0.4 is 10.5 Å². The molecule has 96 valence electrons. The number of nitrogens with two attached hydrogens (primary N) is 1. The van der Waals surface area contributed by atoms with Crippen LogP contribution in [0.4, 0.5) is 5.69 Å². The molecule has 0 radical (unpaired) electrons. The first kappa shape index (κ1) is 12.9. The lowest BCUT2D eigenvalue weighted by Gasteiger charge is -2.09. The van der Waals surface area contributed by atoms with Crippen molar-refractivity contribution in [1.29, 1.82) is 5.26 Å². The SMILES string of the molecule is CC(C)Oc1ccc(-c2ccc(N)cc2C#N)cn1. The van der Waals surface area contributed by atoms with Gasteiger partial charge in [-0.25, -0.2) is 4.98 Å². The van der Waals surface area contributed by atoms with Crippen LogP contribution in [0.5, 0.6) is 5.88 Å². The van der Waals surface area contributed by atoms with Crippen molar-refractivity contribution < 1.29 is 4.74 Å². The summed E-state index contributed by atoms with van der Waals surface area (Å²) in [5, 5.41) is 9.13. The van der Waals surface area contributed by atoms with E-state index in [1.54, 1.807) is 24.4 Å². The van der Waals surface area contributed by atoms with Crippen LogP contribution in [0.25, 0.3) is 11.1 Å². The number of pyridine rings is 1. The number of ether oxygens (including phenoxy) is 1. The monoisotopic (exact) mass is 253 g/mol. The Labute approximate surface area is 112 Å². The number of hydrogen-bond donors (Lipinski definition) is 1. The van der Waals surface area contributed by atoms with Crippen molar-refractivity contribution in [2.75, 3.05) is 5.73 Å². The van der Waals surface area contributed by atoms with E-state index in [4.69, 9.17) is 15.7 Å². The number of hydrogen-bond acceptors (Lipinski definition) is 4. The fraction of sp³-hybridized carbons (Fsp3) is 0.200. The Balaban J connectivity index is 2.35. The maximum atomic E-state index is 9.13. The molecular formula is C15H15N3O. The lowest BCUT2D eigenvalue weighted by atomic mass is 10.0. The van der Waals surface area contributed by atoms with E-state index in [1.165, 1.54) is 0 Å². The van der Waals surface area contributed by atoms with Gasteiger partial charge in [0.15, 0.2) is 0 Å². The minimum absolute atomic E-state index is 0.0875. The minimum Gasteiger partial charge on any atom is -0.475 e. The summed E-state index contributed by atoms with van der Waals surface area (Å²) in [5.74, 6) is 0.577. The molecule has 0 aliphatic heterocycles. The number of nitrogens with zero attached hydrogens (tertiary/aromatic N) is 2. The van der Waals surface area contributed by atoms with Crippen molar-refractivity contribution >= 4 is 5.69 Å². The molecule has 4 nitrogen and oxygen atoms in total. The Hall–Kier alpha value is -2.54. The lowest BCUT2D eigenvalue weighted by molar-refractivity contribution is 0.232. The predicted molar refractivity (Wildman–Crippen MR) is 74.6 cm³/mol. The summed E-state index contributed by atoms with van der Waals surface area (Å²) in [5.41, 5.74) is 8.48. The van der Waals surface area contributed by atoms with Crippen LogP contribution in [0.2, 0.25) is 0 Å². The number of anilines is 1. The summed E-state index contributed by atoms with van der Waals surface area (Å²) in [7, 11) is 0. The Morgan fingerprint density at radius 2 is 2.05 bits per heavy atom. The predicted octanol–water partition coefficient (Wildman–Crippen LogP) is 2.99. The first-order valence-electron chi connectivity index (χ1n) is 6.03. The average molecular weight is 253 g/mol. The van der Waals surface area contributed by atoms with Gasteiger partial charge in [-0.3, -0.25) is 0 Å². The number of nitriles is 1. The van der Waals surface area contributed by atoms with E-state index in [9.17, 15) is 0 Å². The fourth-order valence-electron chi connectivity index (χ4n) is 1.76. The quantitative estimate of drug-likeness (QED) is 0.853. The van der Waals surface area contributed by atoms with E-state index >= 15 is 0 Å². The van der Waals surface area contributed by atoms with Crippen molar-refractivity contribution in [3.8, 4) is 23.1 Å². The summed E-state index contributed by atoms with van der Waals surface area (Å²) in [6.07, 6.45) is 1.79. The van der Waals surface area contributed by atoms with Crippen molar-refractivity contribution in [2.45, 2.75) is 20.0 Å². The molecule has 0 unspecified atom stereocenters. The van der Waals surface area contributed by atoms with Crippen LogP contribution in [0.15, 0.2) is 36.5 Å². The molecule has 1 aromatic carbocycles. The molecule has 0 fully saturated rings. The Morgan fingerprint density at radius 3 is 2.63 bits per heavy atom. The maximum absolute atomic E-state index is 9.13. The Morgan fingerprint density at radius 1 is 1.26 bits per heavy atom. The maximum Gasteiger partial charge on any atom is 0.213 e.